The predicted molar refractivity (Wildman–Crippen MR) is 73.8 cm³/mol. The molecule has 0 aromatic rings. The summed E-state index contributed by atoms with van der Waals surface area (Å²) in [5.41, 5.74) is 0. The molecule has 1 aliphatic rings. The molecular formula is C14H28N2O2. The second kappa shape index (κ2) is 7.74. The van der Waals surface area contributed by atoms with Crippen LogP contribution in [0.15, 0.2) is 0 Å². The first kappa shape index (κ1) is 15.4. The van der Waals surface area contributed by atoms with Gasteiger partial charge in [-0.2, -0.15) is 0 Å². The third-order valence-corrected chi connectivity index (χ3v) is 3.92. The number of aliphatic carboxylic acids is 1. The number of nitrogens with zero attached hydrogens (tertiary/aromatic N) is 2. The molecule has 1 fully saturated rings. The molecule has 4 nitrogen and oxygen atoms in total. The van der Waals surface area contributed by atoms with Gasteiger partial charge in [-0.05, 0) is 39.3 Å². The average molecular weight is 256 g/mol. The van der Waals surface area contributed by atoms with Crippen LogP contribution in [-0.4, -0.2) is 60.6 Å². The fraction of sp³-hybridized carbons (Fsp3) is 0.929. The van der Waals surface area contributed by atoms with Crippen molar-refractivity contribution in [3.63, 3.8) is 0 Å². The van der Waals surface area contributed by atoms with Crippen LogP contribution in [-0.2, 0) is 4.79 Å². The van der Waals surface area contributed by atoms with Crippen LogP contribution < -0.4 is 0 Å². The lowest BCUT2D eigenvalue weighted by atomic mass is 10.0. The molecule has 4 heteroatoms. The van der Waals surface area contributed by atoms with Gasteiger partial charge in [0.05, 0.1) is 6.54 Å². The minimum atomic E-state index is -0.703. The summed E-state index contributed by atoms with van der Waals surface area (Å²) in [6.45, 7) is 4.29. The van der Waals surface area contributed by atoms with Crippen LogP contribution in [0, 0.1) is 5.92 Å². The lowest BCUT2D eigenvalue weighted by Gasteiger charge is -2.30. The van der Waals surface area contributed by atoms with Crippen molar-refractivity contribution < 1.29 is 9.90 Å². The Morgan fingerprint density at radius 2 is 1.89 bits per heavy atom. The van der Waals surface area contributed by atoms with Crippen LogP contribution in [0.3, 0.4) is 0 Å². The van der Waals surface area contributed by atoms with Crippen molar-refractivity contribution in [3.8, 4) is 0 Å². The first-order chi connectivity index (χ1) is 8.49. The number of carboxylic acid groups (broad SMARTS) is 1. The Labute approximate surface area is 111 Å². The van der Waals surface area contributed by atoms with Gasteiger partial charge in [-0.25, -0.2) is 0 Å². The molecular weight excluding hydrogens is 228 g/mol. The first-order valence-corrected chi connectivity index (χ1v) is 7.09. The summed E-state index contributed by atoms with van der Waals surface area (Å²) in [7, 11) is 4.07. The Balaban J connectivity index is 2.53. The molecule has 0 spiro atoms. The van der Waals surface area contributed by atoms with Crippen molar-refractivity contribution in [3.05, 3.63) is 0 Å². The highest BCUT2D eigenvalue weighted by Crippen LogP contribution is 2.25. The smallest absolute Gasteiger partial charge is 0.317 e. The molecule has 106 valence electrons. The van der Waals surface area contributed by atoms with Gasteiger partial charge >= 0.3 is 5.97 Å². The molecule has 0 aliphatic heterocycles. The summed E-state index contributed by atoms with van der Waals surface area (Å²) in [5.74, 6) is 0.0987. The van der Waals surface area contributed by atoms with Gasteiger partial charge in [0, 0.05) is 19.1 Å². The van der Waals surface area contributed by atoms with Crippen molar-refractivity contribution in [1.29, 1.82) is 0 Å². The zero-order valence-electron chi connectivity index (χ0n) is 12.1. The van der Waals surface area contributed by atoms with Crippen molar-refractivity contribution in [2.24, 2.45) is 5.92 Å². The van der Waals surface area contributed by atoms with Gasteiger partial charge in [-0.3, -0.25) is 9.69 Å². The minimum absolute atomic E-state index is 0.187. The number of likely N-dealkylation sites (N-methyl/N-ethyl adjacent to an activating group) is 1. The summed E-state index contributed by atoms with van der Waals surface area (Å²) >= 11 is 0. The Bertz CT molecular complexity index is 256. The third-order valence-electron chi connectivity index (χ3n) is 3.92. The molecule has 0 aromatic heterocycles. The van der Waals surface area contributed by atoms with Crippen LogP contribution >= 0.6 is 0 Å². The average Bonchev–Trinajstić information content (AvgIpc) is 2.48. The first-order valence-electron chi connectivity index (χ1n) is 7.09. The van der Waals surface area contributed by atoms with Gasteiger partial charge < -0.3 is 10.0 Å². The number of hydrogen-bond donors (Lipinski definition) is 1. The number of hydrogen-bond acceptors (Lipinski definition) is 3. The molecule has 2 unspecified atom stereocenters. The van der Waals surface area contributed by atoms with E-state index in [1.54, 1.807) is 0 Å². The van der Waals surface area contributed by atoms with Gasteiger partial charge in [0.2, 0.25) is 0 Å². The summed E-state index contributed by atoms with van der Waals surface area (Å²) in [5, 5.41) is 9.05. The highest BCUT2D eigenvalue weighted by atomic mass is 16.4. The Morgan fingerprint density at radius 3 is 2.50 bits per heavy atom. The molecule has 0 bridgehead atoms. The van der Waals surface area contributed by atoms with Crippen molar-refractivity contribution in [1.82, 2.24) is 9.80 Å². The predicted octanol–water partition coefficient (Wildman–Crippen LogP) is 1.90. The van der Waals surface area contributed by atoms with E-state index in [1.165, 1.54) is 19.3 Å². The van der Waals surface area contributed by atoms with E-state index < -0.39 is 5.97 Å². The number of carbonyl (C=O) groups is 1. The fourth-order valence-corrected chi connectivity index (χ4v) is 2.73. The zero-order valence-corrected chi connectivity index (χ0v) is 12.1. The molecule has 1 N–H and O–H groups in total. The van der Waals surface area contributed by atoms with E-state index in [1.807, 2.05) is 14.1 Å². The van der Waals surface area contributed by atoms with E-state index in [2.05, 4.69) is 16.7 Å². The Kier molecular flexibility index (Phi) is 6.65. The van der Waals surface area contributed by atoms with Crippen LogP contribution in [0.5, 0.6) is 0 Å². The topological polar surface area (TPSA) is 43.8 Å². The van der Waals surface area contributed by atoms with Crippen LogP contribution in [0.25, 0.3) is 0 Å². The van der Waals surface area contributed by atoms with E-state index in [0.29, 0.717) is 6.04 Å². The second-order valence-electron chi connectivity index (χ2n) is 5.93. The maximum Gasteiger partial charge on any atom is 0.317 e. The number of rotatable bonds is 6. The second-order valence-corrected chi connectivity index (χ2v) is 5.93. The quantitative estimate of drug-likeness (QED) is 0.737. The van der Waals surface area contributed by atoms with Gasteiger partial charge in [0.1, 0.15) is 0 Å². The molecule has 1 saturated carbocycles. The van der Waals surface area contributed by atoms with Crippen LogP contribution in [0.2, 0.25) is 0 Å². The van der Waals surface area contributed by atoms with Gasteiger partial charge in [-0.15, -0.1) is 0 Å². The normalized spacial score (nSPS) is 25.4. The highest BCUT2D eigenvalue weighted by Gasteiger charge is 2.23. The van der Waals surface area contributed by atoms with Gasteiger partial charge in [0.25, 0.3) is 0 Å². The van der Waals surface area contributed by atoms with Gasteiger partial charge in [0.15, 0.2) is 0 Å². The summed E-state index contributed by atoms with van der Waals surface area (Å²) in [6.07, 6.45) is 6.09. The summed E-state index contributed by atoms with van der Waals surface area (Å²) in [6, 6.07) is 0.464. The van der Waals surface area contributed by atoms with E-state index >= 15 is 0 Å². The zero-order chi connectivity index (χ0) is 13.5. The van der Waals surface area contributed by atoms with Crippen LogP contribution in [0.1, 0.15) is 39.0 Å². The fourth-order valence-electron chi connectivity index (χ4n) is 2.73. The SMILES string of the molecule is CC1CCCC(N(CCN(C)C)CC(=O)O)CC1. The van der Waals surface area contributed by atoms with Crippen molar-refractivity contribution >= 4 is 5.97 Å². The molecule has 0 saturated heterocycles. The minimum Gasteiger partial charge on any atom is -0.480 e. The van der Waals surface area contributed by atoms with Crippen molar-refractivity contribution in [2.45, 2.75) is 45.1 Å². The third kappa shape index (κ3) is 5.83. The van der Waals surface area contributed by atoms with E-state index in [-0.39, 0.29) is 6.54 Å². The molecule has 2 atom stereocenters. The highest BCUT2D eigenvalue weighted by molar-refractivity contribution is 5.69. The molecule has 18 heavy (non-hydrogen) atoms. The standard InChI is InChI=1S/C14H28N2O2/c1-12-5-4-6-13(8-7-12)16(11-14(17)18)10-9-15(2)3/h12-13H,4-11H2,1-3H3,(H,17,18). The molecule has 1 rings (SSSR count). The Morgan fingerprint density at radius 1 is 1.17 bits per heavy atom. The lowest BCUT2D eigenvalue weighted by molar-refractivity contribution is -0.139. The molecule has 1 aliphatic carbocycles. The summed E-state index contributed by atoms with van der Waals surface area (Å²) < 4.78 is 0. The van der Waals surface area contributed by atoms with E-state index in [9.17, 15) is 4.79 Å². The molecule has 0 aromatic carbocycles. The molecule has 0 heterocycles. The number of carboxylic acids is 1. The maximum absolute atomic E-state index is 11.0. The summed E-state index contributed by atoms with van der Waals surface area (Å²) in [4.78, 5) is 15.3. The lowest BCUT2D eigenvalue weighted by Crippen LogP contribution is -2.42. The van der Waals surface area contributed by atoms with E-state index in [0.717, 1.165) is 31.8 Å². The van der Waals surface area contributed by atoms with Crippen molar-refractivity contribution in [2.75, 3.05) is 33.7 Å². The monoisotopic (exact) mass is 256 g/mol. The molecule has 0 amide bonds. The maximum atomic E-state index is 11.0. The molecule has 0 radical (unpaired) electrons. The van der Waals surface area contributed by atoms with E-state index in [4.69, 9.17) is 5.11 Å². The van der Waals surface area contributed by atoms with Gasteiger partial charge in [-0.1, -0.05) is 19.8 Å². The largest absolute Gasteiger partial charge is 0.480 e. The van der Waals surface area contributed by atoms with Crippen LogP contribution in [0.4, 0.5) is 0 Å². The Hall–Kier alpha value is -0.610.